The first-order valence-electron chi connectivity index (χ1n) is 8.95. The van der Waals surface area contributed by atoms with Crippen molar-refractivity contribution in [3.8, 4) is 5.75 Å². The molecule has 0 saturated carbocycles. The summed E-state index contributed by atoms with van der Waals surface area (Å²) in [6, 6.07) is 17.5. The highest BCUT2D eigenvalue weighted by molar-refractivity contribution is 6.06. The number of aryl methyl sites for hydroxylation is 1. The van der Waals surface area contributed by atoms with E-state index in [1.165, 1.54) is 0 Å². The molecule has 2 aromatic heterocycles. The highest BCUT2D eigenvalue weighted by atomic mass is 16.5. The Labute approximate surface area is 162 Å². The van der Waals surface area contributed by atoms with E-state index < -0.39 is 0 Å². The van der Waals surface area contributed by atoms with Crippen LogP contribution in [0.25, 0.3) is 11.0 Å². The quantitative estimate of drug-likeness (QED) is 0.574. The molecule has 1 amide bonds. The second-order valence-corrected chi connectivity index (χ2v) is 6.58. The fourth-order valence-electron chi connectivity index (χ4n) is 3.06. The molecule has 0 fully saturated rings. The van der Waals surface area contributed by atoms with Crippen molar-refractivity contribution >= 4 is 22.6 Å². The first-order chi connectivity index (χ1) is 13.6. The highest BCUT2D eigenvalue weighted by Crippen LogP contribution is 2.26. The molecular formula is C22H20N4O2. The molecule has 0 unspecified atom stereocenters. The zero-order valence-electron chi connectivity index (χ0n) is 15.7. The molecule has 0 atom stereocenters. The van der Waals surface area contributed by atoms with Crippen LogP contribution in [0.2, 0.25) is 0 Å². The third-order valence-corrected chi connectivity index (χ3v) is 4.52. The van der Waals surface area contributed by atoms with Crippen LogP contribution in [0.4, 0.5) is 5.69 Å². The number of nitrogens with one attached hydrogen (secondary N) is 1. The third kappa shape index (κ3) is 3.57. The van der Waals surface area contributed by atoms with E-state index in [1.807, 2.05) is 60.1 Å². The summed E-state index contributed by atoms with van der Waals surface area (Å²) < 4.78 is 7.18. The molecule has 2 aromatic carbocycles. The lowest BCUT2D eigenvalue weighted by molar-refractivity contribution is 0.102. The highest BCUT2D eigenvalue weighted by Gasteiger charge is 2.13. The van der Waals surface area contributed by atoms with Crippen LogP contribution in [0, 0.1) is 6.92 Å². The second-order valence-electron chi connectivity index (χ2n) is 6.58. The molecule has 140 valence electrons. The zero-order chi connectivity index (χ0) is 19.5. The standard InChI is InChI=1S/C22H20N4O2/c1-15-8-9-19(20(10-15)28-2)25-22(27)18-11-17-13-24-26(21(17)23-12-18)14-16-6-4-3-5-7-16/h3-13H,14H2,1-2H3,(H,25,27). The van der Waals surface area contributed by atoms with Gasteiger partial charge in [-0.1, -0.05) is 36.4 Å². The van der Waals surface area contributed by atoms with Gasteiger partial charge in [0.2, 0.25) is 0 Å². The maximum atomic E-state index is 12.7. The van der Waals surface area contributed by atoms with Crippen molar-refractivity contribution in [2.45, 2.75) is 13.5 Å². The van der Waals surface area contributed by atoms with Gasteiger partial charge in [-0.3, -0.25) is 4.79 Å². The largest absolute Gasteiger partial charge is 0.495 e. The van der Waals surface area contributed by atoms with Crippen molar-refractivity contribution in [2.75, 3.05) is 12.4 Å². The Morgan fingerprint density at radius 1 is 1.11 bits per heavy atom. The molecule has 2 heterocycles. The number of amides is 1. The van der Waals surface area contributed by atoms with Crippen LogP contribution in [-0.4, -0.2) is 27.8 Å². The van der Waals surface area contributed by atoms with Crippen LogP contribution in [-0.2, 0) is 6.54 Å². The van der Waals surface area contributed by atoms with Crippen LogP contribution < -0.4 is 10.1 Å². The lowest BCUT2D eigenvalue weighted by atomic mass is 10.2. The Morgan fingerprint density at radius 2 is 1.93 bits per heavy atom. The van der Waals surface area contributed by atoms with Crippen molar-refractivity contribution in [3.63, 3.8) is 0 Å². The Bertz CT molecular complexity index is 1140. The summed E-state index contributed by atoms with van der Waals surface area (Å²) in [6.45, 7) is 2.60. The lowest BCUT2D eigenvalue weighted by Gasteiger charge is -2.11. The number of nitrogens with zero attached hydrogens (tertiary/aromatic N) is 3. The summed E-state index contributed by atoms with van der Waals surface area (Å²) in [5.41, 5.74) is 4.03. The first-order valence-corrected chi connectivity index (χ1v) is 8.95. The Morgan fingerprint density at radius 3 is 2.71 bits per heavy atom. The van der Waals surface area contributed by atoms with E-state index in [-0.39, 0.29) is 5.91 Å². The van der Waals surface area contributed by atoms with E-state index in [0.717, 1.165) is 22.2 Å². The molecule has 0 aliphatic carbocycles. The molecule has 4 rings (SSSR count). The maximum absolute atomic E-state index is 12.7. The number of anilines is 1. The first kappa shape index (κ1) is 17.7. The molecule has 0 saturated heterocycles. The average Bonchev–Trinajstić information content (AvgIpc) is 3.12. The third-order valence-electron chi connectivity index (χ3n) is 4.52. The second kappa shape index (κ2) is 7.52. The molecule has 0 aliphatic rings. The lowest BCUT2D eigenvalue weighted by Crippen LogP contribution is -2.13. The fourth-order valence-corrected chi connectivity index (χ4v) is 3.06. The Kier molecular flexibility index (Phi) is 4.76. The molecule has 4 aromatic rings. The van der Waals surface area contributed by atoms with Crippen molar-refractivity contribution in [3.05, 3.63) is 83.7 Å². The summed E-state index contributed by atoms with van der Waals surface area (Å²) in [5.74, 6) is 0.380. The number of hydrogen-bond donors (Lipinski definition) is 1. The van der Waals surface area contributed by atoms with Crippen molar-refractivity contribution < 1.29 is 9.53 Å². The molecule has 1 N–H and O–H groups in total. The molecule has 0 radical (unpaired) electrons. The van der Waals surface area contributed by atoms with E-state index in [1.54, 1.807) is 25.6 Å². The maximum Gasteiger partial charge on any atom is 0.257 e. The molecule has 28 heavy (non-hydrogen) atoms. The van der Waals surface area contributed by atoms with Crippen molar-refractivity contribution in [1.82, 2.24) is 14.8 Å². The van der Waals surface area contributed by atoms with E-state index >= 15 is 0 Å². The van der Waals surface area contributed by atoms with Crippen LogP contribution in [0.5, 0.6) is 5.75 Å². The van der Waals surface area contributed by atoms with Gasteiger partial charge < -0.3 is 10.1 Å². The van der Waals surface area contributed by atoms with Crippen molar-refractivity contribution in [2.24, 2.45) is 0 Å². The predicted molar refractivity (Wildman–Crippen MR) is 109 cm³/mol. The molecule has 0 spiro atoms. The molecule has 6 nitrogen and oxygen atoms in total. The number of benzene rings is 2. The Hall–Kier alpha value is -3.67. The monoisotopic (exact) mass is 372 g/mol. The summed E-state index contributed by atoms with van der Waals surface area (Å²) in [7, 11) is 1.58. The average molecular weight is 372 g/mol. The van der Waals surface area contributed by atoms with E-state index in [0.29, 0.717) is 23.5 Å². The van der Waals surface area contributed by atoms with Crippen LogP contribution in [0.15, 0.2) is 67.0 Å². The molecular weight excluding hydrogens is 352 g/mol. The van der Waals surface area contributed by atoms with Gasteiger partial charge in [0.25, 0.3) is 5.91 Å². The number of pyridine rings is 1. The van der Waals surface area contributed by atoms with E-state index in [4.69, 9.17) is 4.74 Å². The summed E-state index contributed by atoms with van der Waals surface area (Å²) in [4.78, 5) is 17.1. The number of fused-ring (bicyclic) bond motifs is 1. The van der Waals surface area contributed by atoms with Gasteiger partial charge in [-0.25, -0.2) is 9.67 Å². The number of rotatable bonds is 5. The minimum atomic E-state index is -0.243. The zero-order valence-corrected chi connectivity index (χ0v) is 15.7. The van der Waals surface area contributed by atoms with E-state index in [9.17, 15) is 4.79 Å². The van der Waals surface area contributed by atoms with E-state index in [2.05, 4.69) is 15.4 Å². The van der Waals surface area contributed by atoms with Gasteiger partial charge in [0, 0.05) is 11.6 Å². The Balaban J connectivity index is 1.57. The van der Waals surface area contributed by atoms with Gasteiger partial charge in [-0.2, -0.15) is 5.10 Å². The minimum absolute atomic E-state index is 0.243. The number of carbonyl (C=O) groups excluding carboxylic acids is 1. The van der Waals surface area contributed by atoms with Gasteiger partial charge >= 0.3 is 0 Å². The van der Waals surface area contributed by atoms with Gasteiger partial charge in [0.05, 0.1) is 31.1 Å². The predicted octanol–water partition coefficient (Wildman–Crippen LogP) is 4.05. The fraction of sp³-hybridized carbons (Fsp3) is 0.136. The minimum Gasteiger partial charge on any atom is -0.495 e. The number of carbonyl (C=O) groups is 1. The van der Waals surface area contributed by atoms with Gasteiger partial charge in [-0.15, -0.1) is 0 Å². The number of aromatic nitrogens is 3. The van der Waals surface area contributed by atoms with Crippen LogP contribution >= 0.6 is 0 Å². The normalized spacial score (nSPS) is 10.8. The number of hydrogen-bond acceptors (Lipinski definition) is 4. The van der Waals surface area contributed by atoms with Crippen LogP contribution in [0.1, 0.15) is 21.5 Å². The summed E-state index contributed by atoms with van der Waals surface area (Å²) >= 11 is 0. The van der Waals surface area contributed by atoms with Gasteiger partial charge in [0.1, 0.15) is 5.75 Å². The van der Waals surface area contributed by atoms with Gasteiger partial charge in [0.15, 0.2) is 5.65 Å². The summed E-state index contributed by atoms with van der Waals surface area (Å²) in [5, 5.41) is 8.12. The molecule has 0 bridgehead atoms. The molecule has 6 heteroatoms. The SMILES string of the molecule is COc1cc(C)ccc1NC(=O)c1cnc2c(cnn2Cc2ccccc2)c1. The summed E-state index contributed by atoms with van der Waals surface area (Å²) in [6.07, 6.45) is 3.30. The number of methoxy groups -OCH3 is 1. The molecule has 0 aliphatic heterocycles. The van der Waals surface area contributed by atoms with Gasteiger partial charge in [-0.05, 0) is 36.2 Å². The topological polar surface area (TPSA) is 69.0 Å². The smallest absolute Gasteiger partial charge is 0.257 e. The number of ether oxygens (including phenoxy) is 1. The van der Waals surface area contributed by atoms with Crippen LogP contribution in [0.3, 0.4) is 0 Å². The van der Waals surface area contributed by atoms with Crippen molar-refractivity contribution in [1.29, 1.82) is 0 Å².